The minimum absolute atomic E-state index is 0.0959. The van der Waals surface area contributed by atoms with Gasteiger partial charge < -0.3 is 4.74 Å². The maximum absolute atomic E-state index is 6.09. The molecular weight excluding hydrogens is 240 g/mol. The SMILES string of the molecule is ClCC1(c2ccc3c(c2)CCCS3)COC1. The molecule has 0 N–H and O–H groups in total. The number of ether oxygens (including phenoxy) is 1. The van der Waals surface area contributed by atoms with Crippen LogP contribution < -0.4 is 0 Å². The van der Waals surface area contributed by atoms with Gasteiger partial charge in [-0.1, -0.05) is 12.1 Å². The molecule has 0 bridgehead atoms. The van der Waals surface area contributed by atoms with Gasteiger partial charge in [0.05, 0.1) is 18.6 Å². The van der Waals surface area contributed by atoms with Crippen molar-refractivity contribution >= 4 is 23.4 Å². The molecule has 1 fully saturated rings. The van der Waals surface area contributed by atoms with E-state index in [0.29, 0.717) is 5.88 Å². The molecule has 0 aliphatic carbocycles. The van der Waals surface area contributed by atoms with Crippen LogP contribution in [0.2, 0.25) is 0 Å². The maximum Gasteiger partial charge on any atom is 0.0597 e. The van der Waals surface area contributed by atoms with Gasteiger partial charge in [-0.3, -0.25) is 0 Å². The molecule has 1 saturated heterocycles. The summed E-state index contributed by atoms with van der Waals surface area (Å²) in [5.41, 5.74) is 2.97. The molecule has 16 heavy (non-hydrogen) atoms. The molecule has 0 unspecified atom stereocenters. The van der Waals surface area contributed by atoms with Gasteiger partial charge in [0.1, 0.15) is 0 Å². The zero-order valence-corrected chi connectivity index (χ0v) is 10.7. The van der Waals surface area contributed by atoms with Gasteiger partial charge in [0.15, 0.2) is 0 Å². The van der Waals surface area contributed by atoms with E-state index in [0.717, 1.165) is 13.2 Å². The molecular formula is C13H15ClOS. The smallest absolute Gasteiger partial charge is 0.0597 e. The first-order valence-electron chi connectivity index (χ1n) is 5.74. The molecule has 0 radical (unpaired) electrons. The van der Waals surface area contributed by atoms with Crippen LogP contribution in [0.15, 0.2) is 23.1 Å². The summed E-state index contributed by atoms with van der Waals surface area (Å²) in [6.45, 7) is 1.56. The second-order valence-corrected chi connectivity index (χ2v) is 6.09. The van der Waals surface area contributed by atoms with E-state index >= 15 is 0 Å². The molecule has 2 heterocycles. The molecule has 2 aliphatic heterocycles. The van der Waals surface area contributed by atoms with Crippen molar-refractivity contribution in [2.24, 2.45) is 0 Å². The maximum atomic E-state index is 6.09. The lowest BCUT2D eigenvalue weighted by Crippen LogP contribution is -2.48. The summed E-state index contributed by atoms with van der Waals surface area (Å²) in [6, 6.07) is 6.86. The third-order valence-corrected chi connectivity index (χ3v) is 5.25. The Balaban J connectivity index is 1.96. The van der Waals surface area contributed by atoms with Crippen LogP contribution >= 0.6 is 23.4 Å². The summed E-state index contributed by atoms with van der Waals surface area (Å²) >= 11 is 8.07. The summed E-state index contributed by atoms with van der Waals surface area (Å²) in [7, 11) is 0. The fourth-order valence-corrected chi connectivity index (χ4v) is 3.69. The van der Waals surface area contributed by atoms with Gasteiger partial charge >= 0.3 is 0 Å². The Hall–Kier alpha value is -0.180. The van der Waals surface area contributed by atoms with Crippen molar-refractivity contribution < 1.29 is 4.74 Å². The molecule has 2 aliphatic rings. The van der Waals surface area contributed by atoms with Crippen molar-refractivity contribution in [1.82, 2.24) is 0 Å². The monoisotopic (exact) mass is 254 g/mol. The molecule has 1 aromatic carbocycles. The van der Waals surface area contributed by atoms with Crippen molar-refractivity contribution in [1.29, 1.82) is 0 Å². The Kier molecular flexibility index (Phi) is 2.90. The first-order chi connectivity index (χ1) is 7.84. The van der Waals surface area contributed by atoms with E-state index in [9.17, 15) is 0 Å². The average Bonchev–Trinajstić information content (AvgIpc) is 2.28. The van der Waals surface area contributed by atoms with Gasteiger partial charge in [-0.2, -0.15) is 0 Å². The Morgan fingerprint density at radius 1 is 1.38 bits per heavy atom. The van der Waals surface area contributed by atoms with Crippen molar-refractivity contribution in [2.75, 3.05) is 24.8 Å². The number of halogens is 1. The first kappa shape index (κ1) is 10.9. The summed E-state index contributed by atoms with van der Waals surface area (Å²) in [6.07, 6.45) is 2.51. The fourth-order valence-electron chi connectivity index (χ4n) is 2.36. The van der Waals surface area contributed by atoms with E-state index < -0.39 is 0 Å². The fraction of sp³-hybridized carbons (Fsp3) is 0.538. The molecule has 0 aromatic heterocycles. The molecule has 0 saturated carbocycles. The van der Waals surface area contributed by atoms with Crippen molar-refractivity contribution in [3.8, 4) is 0 Å². The Morgan fingerprint density at radius 3 is 2.94 bits per heavy atom. The molecule has 3 heteroatoms. The number of fused-ring (bicyclic) bond motifs is 1. The van der Waals surface area contributed by atoms with Gasteiger partial charge in [0.25, 0.3) is 0 Å². The Morgan fingerprint density at radius 2 is 2.25 bits per heavy atom. The predicted molar refractivity (Wildman–Crippen MR) is 68.7 cm³/mol. The zero-order chi connectivity index (χ0) is 11.0. The highest BCUT2D eigenvalue weighted by molar-refractivity contribution is 7.99. The van der Waals surface area contributed by atoms with E-state index in [1.807, 2.05) is 11.8 Å². The van der Waals surface area contributed by atoms with Crippen LogP contribution in [0.3, 0.4) is 0 Å². The van der Waals surface area contributed by atoms with Crippen LogP contribution in [0.4, 0.5) is 0 Å². The average molecular weight is 255 g/mol. The number of rotatable bonds is 2. The van der Waals surface area contributed by atoms with Crippen LogP contribution in [-0.2, 0) is 16.6 Å². The minimum Gasteiger partial charge on any atom is -0.379 e. The lowest BCUT2D eigenvalue weighted by molar-refractivity contribution is -0.0480. The van der Waals surface area contributed by atoms with Crippen LogP contribution in [0, 0.1) is 0 Å². The molecule has 1 aromatic rings. The van der Waals surface area contributed by atoms with Gasteiger partial charge in [-0.15, -0.1) is 23.4 Å². The first-order valence-corrected chi connectivity index (χ1v) is 7.26. The normalized spacial score (nSPS) is 22.3. The number of alkyl halides is 1. The number of hydrogen-bond acceptors (Lipinski definition) is 2. The molecule has 0 spiro atoms. The van der Waals surface area contributed by atoms with Crippen LogP contribution in [-0.4, -0.2) is 24.8 Å². The largest absolute Gasteiger partial charge is 0.379 e. The number of thioether (sulfide) groups is 1. The summed E-state index contributed by atoms with van der Waals surface area (Å²) in [5, 5.41) is 0. The van der Waals surface area contributed by atoms with Crippen molar-refractivity contribution in [2.45, 2.75) is 23.2 Å². The highest BCUT2D eigenvalue weighted by Crippen LogP contribution is 2.37. The minimum atomic E-state index is 0.0959. The quantitative estimate of drug-likeness (QED) is 0.750. The van der Waals surface area contributed by atoms with Crippen molar-refractivity contribution in [3.05, 3.63) is 29.3 Å². The molecule has 3 rings (SSSR count). The van der Waals surface area contributed by atoms with E-state index in [1.54, 1.807) is 0 Å². The van der Waals surface area contributed by atoms with Crippen molar-refractivity contribution in [3.63, 3.8) is 0 Å². The second kappa shape index (κ2) is 4.25. The van der Waals surface area contributed by atoms with Gasteiger partial charge in [0.2, 0.25) is 0 Å². The second-order valence-electron chi connectivity index (χ2n) is 4.68. The molecule has 86 valence electrons. The zero-order valence-electron chi connectivity index (χ0n) is 9.17. The molecule has 0 atom stereocenters. The standard InChI is InChI=1S/C13H15ClOS/c14-7-13(8-15-9-13)11-3-4-12-10(6-11)2-1-5-16-12/h3-4,6H,1-2,5,7-9H2. The van der Waals surface area contributed by atoms with E-state index in [-0.39, 0.29) is 5.41 Å². The lowest BCUT2D eigenvalue weighted by Gasteiger charge is -2.40. The summed E-state index contributed by atoms with van der Waals surface area (Å²) in [5.74, 6) is 1.93. The summed E-state index contributed by atoms with van der Waals surface area (Å²) in [4.78, 5) is 1.46. The Bertz CT molecular complexity index is 395. The van der Waals surface area contributed by atoms with E-state index in [2.05, 4.69) is 18.2 Å². The predicted octanol–water partition coefficient (Wildman–Crippen LogP) is 3.23. The summed E-state index contributed by atoms with van der Waals surface area (Å²) < 4.78 is 5.34. The van der Waals surface area contributed by atoms with Gasteiger partial charge in [-0.05, 0) is 35.8 Å². The molecule has 1 nitrogen and oxygen atoms in total. The lowest BCUT2D eigenvalue weighted by atomic mass is 9.80. The Labute approximate surface area is 106 Å². The third kappa shape index (κ3) is 1.68. The van der Waals surface area contributed by atoms with Crippen LogP contribution in [0.25, 0.3) is 0 Å². The van der Waals surface area contributed by atoms with Gasteiger partial charge in [-0.25, -0.2) is 0 Å². The number of aryl methyl sites for hydroxylation is 1. The van der Waals surface area contributed by atoms with Crippen LogP contribution in [0.5, 0.6) is 0 Å². The highest BCUT2D eigenvalue weighted by Gasteiger charge is 2.39. The van der Waals surface area contributed by atoms with Gasteiger partial charge in [0, 0.05) is 10.8 Å². The third-order valence-electron chi connectivity index (χ3n) is 3.53. The topological polar surface area (TPSA) is 9.23 Å². The van der Waals surface area contributed by atoms with E-state index in [1.165, 1.54) is 34.6 Å². The van der Waals surface area contributed by atoms with E-state index in [4.69, 9.17) is 16.3 Å². The highest BCUT2D eigenvalue weighted by atomic mass is 35.5. The number of benzene rings is 1. The van der Waals surface area contributed by atoms with Crippen LogP contribution in [0.1, 0.15) is 17.5 Å². The number of hydrogen-bond donors (Lipinski definition) is 0. The molecule has 0 amide bonds.